The highest BCUT2D eigenvalue weighted by Gasteiger charge is 2.04. The van der Waals surface area contributed by atoms with Crippen LogP contribution in [0.5, 0.6) is 0 Å². The second-order valence-corrected chi connectivity index (χ2v) is 3.71. The van der Waals surface area contributed by atoms with Crippen LogP contribution in [0.2, 0.25) is 0 Å². The van der Waals surface area contributed by atoms with Crippen molar-refractivity contribution in [2.45, 2.75) is 6.04 Å². The van der Waals surface area contributed by atoms with Crippen molar-refractivity contribution < 1.29 is 0 Å². The summed E-state index contributed by atoms with van der Waals surface area (Å²) in [5.74, 6) is 0. The predicted molar refractivity (Wildman–Crippen MR) is 65.7 cm³/mol. The molecule has 0 aliphatic carbocycles. The number of nitrogens with zero attached hydrogens (tertiary/aromatic N) is 1. The lowest BCUT2D eigenvalue weighted by molar-refractivity contribution is 0.737. The minimum absolute atomic E-state index is 0.100. The molecule has 2 aromatic rings. The van der Waals surface area contributed by atoms with Crippen molar-refractivity contribution >= 4 is 0 Å². The monoisotopic (exact) mass is 213 g/mol. The number of nitrogens with two attached hydrogens (primary N) is 2. The third-order valence-corrected chi connectivity index (χ3v) is 2.56. The molecule has 3 nitrogen and oxygen atoms in total. The normalized spacial score (nSPS) is 12.4. The Morgan fingerprint density at radius 3 is 2.62 bits per heavy atom. The van der Waals surface area contributed by atoms with Crippen LogP contribution in [0.4, 0.5) is 0 Å². The van der Waals surface area contributed by atoms with Gasteiger partial charge in [-0.25, -0.2) is 0 Å². The van der Waals surface area contributed by atoms with E-state index in [1.807, 2.05) is 36.5 Å². The van der Waals surface area contributed by atoms with Crippen LogP contribution < -0.4 is 11.5 Å². The summed E-state index contributed by atoms with van der Waals surface area (Å²) in [4.78, 5) is 4.10. The quantitative estimate of drug-likeness (QED) is 0.815. The summed E-state index contributed by atoms with van der Waals surface area (Å²) in [6.45, 7) is 0.455. The van der Waals surface area contributed by atoms with Gasteiger partial charge in [0, 0.05) is 25.0 Å². The zero-order chi connectivity index (χ0) is 11.4. The molecule has 0 saturated carbocycles. The molecule has 0 aliphatic heterocycles. The summed E-state index contributed by atoms with van der Waals surface area (Å²) in [6, 6.07) is 11.9. The first-order valence-corrected chi connectivity index (χ1v) is 5.27. The van der Waals surface area contributed by atoms with E-state index in [2.05, 4.69) is 11.1 Å². The van der Waals surface area contributed by atoms with Crippen molar-refractivity contribution in [2.24, 2.45) is 11.5 Å². The molecule has 0 radical (unpaired) electrons. The average molecular weight is 213 g/mol. The lowest BCUT2D eigenvalue weighted by Gasteiger charge is -2.10. The van der Waals surface area contributed by atoms with Crippen LogP contribution in [0.15, 0.2) is 48.8 Å². The summed E-state index contributed by atoms with van der Waals surface area (Å²) in [5.41, 5.74) is 14.7. The summed E-state index contributed by atoms with van der Waals surface area (Å²) >= 11 is 0. The van der Waals surface area contributed by atoms with Gasteiger partial charge in [-0.3, -0.25) is 4.98 Å². The van der Waals surface area contributed by atoms with Crippen molar-refractivity contribution in [2.75, 3.05) is 6.54 Å². The fourth-order valence-electron chi connectivity index (χ4n) is 1.62. The van der Waals surface area contributed by atoms with Gasteiger partial charge >= 0.3 is 0 Å². The van der Waals surface area contributed by atoms with Crippen molar-refractivity contribution in [1.82, 2.24) is 4.98 Å². The first kappa shape index (κ1) is 10.8. The van der Waals surface area contributed by atoms with Gasteiger partial charge in [-0.1, -0.05) is 24.3 Å². The zero-order valence-corrected chi connectivity index (χ0v) is 9.01. The van der Waals surface area contributed by atoms with E-state index in [0.717, 1.165) is 16.7 Å². The van der Waals surface area contributed by atoms with Gasteiger partial charge in [0.15, 0.2) is 0 Å². The Hall–Kier alpha value is -1.71. The zero-order valence-electron chi connectivity index (χ0n) is 9.01. The van der Waals surface area contributed by atoms with Gasteiger partial charge < -0.3 is 11.5 Å². The number of rotatable bonds is 3. The van der Waals surface area contributed by atoms with Gasteiger partial charge in [-0.05, 0) is 28.8 Å². The number of pyridine rings is 1. The highest BCUT2D eigenvalue weighted by molar-refractivity contribution is 5.63. The molecular weight excluding hydrogens is 198 g/mol. The first-order chi connectivity index (χ1) is 7.81. The maximum absolute atomic E-state index is 5.90. The summed E-state index contributed by atoms with van der Waals surface area (Å²) in [6.07, 6.45) is 3.60. The number of benzene rings is 1. The molecular formula is C13H15N3. The molecule has 1 atom stereocenters. The number of hydrogen-bond acceptors (Lipinski definition) is 3. The SMILES string of the molecule is NC[C@@H](N)c1cccc(-c2cccnc2)c1. The van der Waals surface area contributed by atoms with Crippen LogP contribution in [0.1, 0.15) is 11.6 Å². The van der Waals surface area contributed by atoms with E-state index in [9.17, 15) is 0 Å². The van der Waals surface area contributed by atoms with Gasteiger partial charge in [0.25, 0.3) is 0 Å². The molecule has 16 heavy (non-hydrogen) atoms. The van der Waals surface area contributed by atoms with E-state index in [0.29, 0.717) is 6.54 Å². The standard InChI is InChI=1S/C13H15N3/c14-8-13(15)11-4-1-3-10(7-11)12-5-2-6-16-9-12/h1-7,9,13H,8,14-15H2/t13-/m1/s1. The fraction of sp³-hybridized carbons (Fsp3) is 0.154. The third-order valence-electron chi connectivity index (χ3n) is 2.56. The molecule has 0 saturated heterocycles. The van der Waals surface area contributed by atoms with Crippen LogP contribution in [0.25, 0.3) is 11.1 Å². The maximum atomic E-state index is 5.90. The van der Waals surface area contributed by atoms with E-state index in [4.69, 9.17) is 11.5 Å². The van der Waals surface area contributed by atoms with Crippen LogP contribution in [-0.4, -0.2) is 11.5 Å². The molecule has 0 unspecified atom stereocenters. The van der Waals surface area contributed by atoms with Crippen LogP contribution in [-0.2, 0) is 0 Å². The molecule has 0 aliphatic rings. The van der Waals surface area contributed by atoms with Crippen molar-refractivity contribution in [3.05, 3.63) is 54.4 Å². The Bertz CT molecular complexity index is 454. The molecule has 0 fully saturated rings. The molecule has 82 valence electrons. The molecule has 0 spiro atoms. The van der Waals surface area contributed by atoms with E-state index in [-0.39, 0.29) is 6.04 Å². The maximum Gasteiger partial charge on any atom is 0.0419 e. The van der Waals surface area contributed by atoms with Gasteiger partial charge in [-0.15, -0.1) is 0 Å². The topological polar surface area (TPSA) is 64.9 Å². The van der Waals surface area contributed by atoms with E-state index in [1.165, 1.54) is 0 Å². The number of aromatic nitrogens is 1. The summed E-state index contributed by atoms with van der Waals surface area (Å²) in [5, 5.41) is 0. The lowest BCUT2D eigenvalue weighted by atomic mass is 10.0. The van der Waals surface area contributed by atoms with E-state index in [1.54, 1.807) is 6.20 Å². The minimum atomic E-state index is -0.100. The van der Waals surface area contributed by atoms with Crippen molar-refractivity contribution in [3.63, 3.8) is 0 Å². The summed E-state index contributed by atoms with van der Waals surface area (Å²) < 4.78 is 0. The van der Waals surface area contributed by atoms with Gasteiger partial charge in [0.05, 0.1) is 0 Å². The average Bonchev–Trinajstić information content (AvgIpc) is 2.39. The van der Waals surface area contributed by atoms with E-state index < -0.39 is 0 Å². The van der Waals surface area contributed by atoms with Crippen LogP contribution in [0, 0.1) is 0 Å². The Balaban J connectivity index is 2.36. The highest BCUT2D eigenvalue weighted by atomic mass is 14.7. The molecule has 2 rings (SSSR count). The Morgan fingerprint density at radius 1 is 1.12 bits per heavy atom. The van der Waals surface area contributed by atoms with Crippen LogP contribution >= 0.6 is 0 Å². The van der Waals surface area contributed by atoms with Gasteiger partial charge in [0.1, 0.15) is 0 Å². The van der Waals surface area contributed by atoms with Crippen molar-refractivity contribution in [1.29, 1.82) is 0 Å². The molecule has 1 aromatic carbocycles. The highest BCUT2D eigenvalue weighted by Crippen LogP contribution is 2.21. The van der Waals surface area contributed by atoms with E-state index >= 15 is 0 Å². The predicted octanol–water partition coefficient (Wildman–Crippen LogP) is 1.71. The van der Waals surface area contributed by atoms with Crippen molar-refractivity contribution in [3.8, 4) is 11.1 Å². The number of hydrogen-bond donors (Lipinski definition) is 2. The Morgan fingerprint density at radius 2 is 1.94 bits per heavy atom. The molecule has 3 heteroatoms. The molecule has 1 aromatic heterocycles. The molecule has 0 amide bonds. The molecule has 1 heterocycles. The van der Waals surface area contributed by atoms with Crippen LogP contribution in [0.3, 0.4) is 0 Å². The largest absolute Gasteiger partial charge is 0.329 e. The minimum Gasteiger partial charge on any atom is -0.329 e. The lowest BCUT2D eigenvalue weighted by Crippen LogP contribution is -2.20. The Labute approximate surface area is 95.1 Å². The summed E-state index contributed by atoms with van der Waals surface area (Å²) in [7, 11) is 0. The smallest absolute Gasteiger partial charge is 0.0419 e. The van der Waals surface area contributed by atoms with Gasteiger partial charge in [-0.2, -0.15) is 0 Å². The second kappa shape index (κ2) is 4.88. The fourth-order valence-corrected chi connectivity index (χ4v) is 1.62. The Kier molecular flexibility index (Phi) is 3.29. The molecule has 0 bridgehead atoms. The third kappa shape index (κ3) is 2.27. The molecule has 4 N–H and O–H groups in total. The first-order valence-electron chi connectivity index (χ1n) is 5.27. The second-order valence-electron chi connectivity index (χ2n) is 3.71. The van der Waals surface area contributed by atoms with Gasteiger partial charge in [0.2, 0.25) is 0 Å².